The van der Waals surface area contributed by atoms with Crippen LogP contribution in [0.25, 0.3) is 0 Å². The lowest BCUT2D eigenvalue weighted by Gasteiger charge is -2.14. The summed E-state index contributed by atoms with van der Waals surface area (Å²) in [5.41, 5.74) is 1.93. The summed E-state index contributed by atoms with van der Waals surface area (Å²) in [6.45, 7) is 7.17. The minimum atomic E-state index is -3.59. The first-order chi connectivity index (χ1) is 10.9. The molecule has 0 atom stereocenters. The van der Waals surface area contributed by atoms with Gasteiger partial charge in [0, 0.05) is 25.5 Å². The van der Waals surface area contributed by atoms with Crippen molar-refractivity contribution in [1.82, 2.24) is 14.3 Å². The van der Waals surface area contributed by atoms with E-state index in [9.17, 15) is 8.42 Å². The van der Waals surface area contributed by atoms with Gasteiger partial charge in [0.2, 0.25) is 10.0 Å². The van der Waals surface area contributed by atoms with E-state index in [1.807, 2.05) is 31.5 Å². The van der Waals surface area contributed by atoms with Crippen LogP contribution in [0.3, 0.4) is 0 Å². The number of imidazole rings is 1. The van der Waals surface area contributed by atoms with Crippen molar-refractivity contribution in [2.75, 3.05) is 13.2 Å². The van der Waals surface area contributed by atoms with Gasteiger partial charge >= 0.3 is 0 Å². The van der Waals surface area contributed by atoms with Crippen LogP contribution in [0.4, 0.5) is 0 Å². The Labute approximate surface area is 137 Å². The molecule has 0 aliphatic heterocycles. The molecule has 6 nitrogen and oxygen atoms in total. The topological polar surface area (TPSA) is 73.2 Å². The number of ether oxygens (including phenoxy) is 1. The molecule has 0 fully saturated rings. The fourth-order valence-electron chi connectivity index (χ4n) is 2.21. The molecule has 23 heavy (non-hydrogen) atoms. The number of rotatable bonds is 8. The van der Waals surface area contributed by atoms with E-state index in [4.69, 9.17) is 4.74 Å². The summed E-state index contributed by atoms with van der Waals surface area (Å²) in [5.74, 6) is 0.401. The van der Waals surface area contributed by atoms with Crippen LogP contribution in [0.2, 0.25) is 0 Å². The number of hydrogen-bond donors (Lipinski definition) is 1. The molecule has 7 heteroatoms. The lowest BCUT2D eigenvalue weighted by molar-refractivity contribution is 0.330. The predicted molar refractivity (Wildman–Crippen MR) is 89.1 cm³/mol. The fraction of sp³-hybridized carbons (Fsp3) is 0.438. The van der Waals surface area contributed by atoms with Crippen molar-refractivity contribution in [1.29, 1.82) is 0 Å². The van der Waals surface area contributed by atoms with E-state index < -0.39 is 10.0 Å². The van der Waals surface area contributed by atoms with Crippen LogP contribution in [-0.2, 0) is 16.6 Å². The zero-order chi connectivity index (χ0) is 16.9. The van der Waals surface area contributed by atoms with Crippen molar-refractivity contribution < 1.29 is 13.2 Å². The molecule has 0 saturated heterocycles. The Balaban J connectivity index is 2.07. The molecule has 0 saturated carbocycles. The summed E-state index contributed by atoms with van der Waals surface area (Å²) < 4.78 is 35.1. The molecule has 1 heterocycles. The van der Waals surface area contributed by atoms with Gasteiger partial charge in [0.05, 0.1) is 12.9 Å². The third-order valence-electron chi connectivity index (χ3n) is 3.59. The third-order valence-corrected chi connectivity index (χ3v) is 5.08. The van der Waals surface area contributed by atoms with Crippen LogP contribution in [-0.4, -0.2) is 31.1 Å². The van der Waals surface area contributed by atoms with Gasteiger partial charge in [0.15, 0.2) is 0 Å². The molecule has 0 spiro atoms. The molecule has 126 valence electrons. The largest absolute Gasteiger partial charge is 0.492 e. The van der Waals surface area contributed by atoms with E-state index in [1.54, 1.807) is 24.7 Å². The molecule has 0 aliphatic rings. The number of aromatic nitrogens is 2. The average molecular weight is 337 g/mol. The highest BCUT2D eigenvalue weighted by atomic mass is 32.2. The number of nitrogens with one attached hydrogen (secondary N) is 1. The van der Waals surface area contributed by atoms with Gasteiger partial charge in [0.25, 0.3) is 0 Å². The maximum Gasteiger partial charge on any atom is 0.244 e. The smallest absolute Gasteiger partial charge is 0.244 e. The first-order valence-electron chi connectivity index (χ1n) is 7.63. The summed E-state index contributed by atoms with van der Waals surface area (Å²) >= 11 is 0. The standard InChI is InChI=1S/C16H23N3O3S/c1-4-22-15-10-13(2)14(3)11-16(15)23(20,21)18-6-5-8-19-9-7-17-12-19/h7,9-12,18H,4-6,8H2,1-3H3. The van der Waals surface area contributed by atoms with Gasteiger partial charge in [-0.05, 0) is 50.5 Å². The summed E-state index contributed by atoms with van der Waals surface area (Å²) in [7, 11) is -3.59. The highest BCUT2D eigenvalue weighted by molar-refractivity contribution is 7.89. The normalized spacial score (nSPS) is 11.6. The van der Waals surface area contributed by atoms with Gasteiger partial charge in [-0.1, -0.05) is 0 Å². The Bertz CT molecular complexity index is 740. The van der Waals surface area contributed by atoms with E-state index in [2.05, 4.69) is 9.71 Å². The lowest BCUT2D eigenvalue weighted by Crippen LogP contribution is -2.26. The van der Waals surface area contributed by atoms with E-state index in [1.165, 1.54) is 0 Å². The number of sulfonamides is 1. The molecule has 0 amide bonds. The van der Waals surface area contributed by atoms with Gasteiger partial charge in [-0.3, -0.25) is 0 Å². The second-order valence-electron chi connectivity index (χ2n) is 5.37. The van der Waals surface area contributed by atoms with Gasteiger partial charge in [-0.25, -0.2) is 18.1 Å². The van der Waals surface area contributed by atoms with Crippen LogP contribution in [0.1, 0.15) is 24.5 Å². The van der Waals surface area contributed by atoms with Gasteiger partial charge in [-0.2, -0.15) is 0 Å². The SMILES string of the molecule is CCOc1cc(C)c(C)cc1S(=O)(=O)NCCCn1ccnc1. The predicted octanol–water partition coefficient (Wildman–Crippen LogP) is 2.27. The molecule has 0 radical (unpaired) electrons. The lowest BCUT2D eigenvalue weighted by atomic mass is 10.1. The molecule has 0 unspecified atom stereocenters. The van der Waals surface area contributed by atoms with E-state index in [0.717, 1.165) is 11.1 Å². The summed E-state index contributed by atoms with van der Waals surface area (Å²) in [6.07, 6.45) is 5.95. The summed E-state index contributed by atoms with van der Waals surface area (Å²) in [6, 6.07) is 3.44. The fourth-order valence-corrected chi connectivity index (χ4v) is 3.49. The van der Waals surface area contributed by atoms with E-state index in [0.29, 0.717) is 31.9 Å². The molecule has 2 aromatic rings. The van der Waals surface area contributed by atoms with Crippen LogP contribution < -0.4 is 9.46 Å². The quantitative estimate of drug-likeness (QED) is 0.750. The number of nitrogens with zero attached hydrogens (tertiary/aromatic N) is 2. The summed E-state index contributed by atoms with van der Waals surface area (Å²) in [4.78, 5) is 4.15. The summed E-state index contributed by atoms with van der Waals surface area (Å²) in [5, 5.41) is 0. The monoisotopic (exact) mass is 337 g/mol. The molecular weight excluding hydrogens is 314 g/mol. The first-order valence-corrected chi connectivity index (χ1v) is 9.12. The Morgan fingerprint density at radius 3 is 2.65 bits per heavy atom. The first kappa shape index (κ1) is 17.5. The van der Waals surface area contributed by atoms with Crippen LogP contribution in [0.5, 0.6) is 5.75 Å². The molecule has 2 rings (SSSR count). The highest BCUT2D eigenvalue weighted by Crippen LogP contribution is 2.27. The van der Waals surface area contributed by atoms with Crippen molar-refractivity contribution in [2.45, 2.75) is 38.6 Å². The highest BCUT2D eigenvalue weighted by Gasteiger charge is 2.20. The van der Waals surface area contributed by atoms with Crippen molar-refractivity contribution in [3.63, 3.8) is 0 Å². The van der Waals surface area contributed by atoms with Gasteiger partial charge in [-0.15, -0.1) is 0 Å². The van der Waals surface area contributed by atoms with Crippen molar-refractivity contribution in [3.05, 3.63) is 42.0 Å². The Kier molecular flexibility index (Phi) is 5.79. The second kappa shape index (κ2) is 7.61. The van der Waals surface area contributed by atoms with E-state index in [-0.39, 0.29) is 4.90 Å². The Morgan fingerprint density at radius 1 is 1.26 bits per heavy atom. The van der Waals surface area contributed by atoms with Crippen LogP contribution in [0.15, 0.2) is 35.7 Å². The number of benzene rings is 1. The number of aryl methyl sites for hydroxylation is 3. The van der Waals surface area contributed by atoms with Crippen LogP contribution >= 0.6 is 0 Å². The number of hydrogen-bond acceptors (Lipinski definition) is 4. The minimum absolute atomic E-state index is 0.199. The van der Waals surface area contributed by atoms with E-state index >= 15 is 0 Å². The molecule has 1 N–H and O–H groups in total. The molecule has 1 aromatic heterocycles. The molecule has 0 aliphatic carbocycles. The maximum atomic E-state index is 12.5. The third kappa shape index (κ3) is 4.56. The van der Waals surface area contributed by atoms with Gasteiger partial charge < -0.3 is 9.30 Å². The molecular formula is C16H23N3O3S. The zero-order valence-electron chi connectivity index (χ0n) is 13.7. The maximum absolute atomic E-state index is 12.5. The second-order valence-corrected chi connectivity index (χ2v) is 7.10. The molecule has 0 bridgehead atoms. The average Bonchev–Trinajstić information content (AvgIpc) is 3.00. The van der Waals surface area contributed by atoms with Crippen LogP contribution in [0, 0.1) is 13.8 Å². The Hall–Kier alpha value is -1.86. The van der Waals surface area contributed by atoms with Gasteiger partial charge in [0.1, 0.15) is 10.6 Å². The Morgan fingerprint density at radius 2 is 2.00 bits per heavy atom. The van der Waals surface area contributed by atoms with Crippen molar-refractivity contribution >= 4 is 10.0 Å². The zero-order valence-corrected chi connectivity index (χ0v) is 14.6. The molecule has 1 aromatic carbocycles. The van der Waals surface area contributed by atoms with Crippen molar-refractivity contribution in [2.24, 2.45) is 0 Å². The minimum Gasteiger partial charge on any atom is -0.492 e. The van der Waals surface area contributed by atoms with Crippen molar-refractivity contribution in [3.8, 4) is 5.75 Å².